The van der Waals surface area contributed by atoms with E-state index in [1.165, 1.54) is 24.8 Å². The Morgan fingerprint density at radius 2 is 1.81 bits per heavy atom. The summed E-state index contributed by atoms with van der Waals surface area (Å²) in [6.07, 6.45) is 4.36. The van der Waals surface area contributed by atoms with Gasteiger partial charge in [-0.05, 0) is 43.2 Å². The molecule has 0 unspecified atom stereocenters. The van der Waals surface area contributed by atoms with Gasteiger partial charge in [0.25, 0.3) is 11.8 Å². The number of rotatable bonds is 2. The Labute approximate surface area is 206 Å². The molecule has 10 nitrogen and oxygen atoms in total. The van der Waals surface area contributed by atoms with Crippen LogP contribution >= 0.6 is 0 Å². The Morgan fingerprint density at radius 1 is 1.03 bits per heavy atom. The van der Waals surface area contributed by atoms with E-state index in [4.69, 9.17) is 4.74 Å². The minimum absolute atomic E-state index is 0.0590. The molecule has 0 spiro atoms. The number of carbonyl (C=O) groups is 3. The first-order chi connectivity index (χ1) is 17.5. The van der Waals surface area contributed by atoms with Crippen LogP contribution in [0.4, 0.5) is 4.39 Å². The van der Waals surface area contributed by atoms with Crippen molar-refractivity contribution in [3.05, 3.63) is 72.1 Å². The molecule has 0 radical (unpaired) electrons. The molecule has 3 aromatic rings. The van der Waals surface area contributed by atoms with E-state index in [1.54, 1.807) is 27.7 Å². The molecule has 3 amide bonds. The van der Waals surface area contributed by atoms with Gasteiger partial charge in [0.05, 0.1) is 23.4 Å². The third-order valence-corrected chi connectivity index (χ3v) is 6.47. The maximum Gasteiger partial charge on any atom is 0.256 e. The molecule has 11 heteroatoms. The number of fused-ring (bicyclic) bond motifs is 3. The number of ether oxygens (including phenoxy) is 1. The second-order valence-corrected chi connectivity index (χ2v) is 8.74. The average molecular weight is 493 g/mol. The number of nitrogens with one attached hydrogen (secondary N) is 2. The zero-order chi connectivity index (χ0) is 25.1. The van der Waals surface area contributed by atoms with Crippen LogP contribution in [-0.4, -0.2) is 69.2 Å². The molecule has 2 aromatic carbocycles. The zero-order valence-electron chi connectivity index (χ0n) is 19.4. The van der Waals surface area contributed by atoms with E-state index in [9.17, 15) is 18.8 Å². The van der Waals surface area contributed by atoms with Crippen LogP contribution in [0.5, 0.6) is 5.75 Å². The highest BCUT2D eigenvalue weighted by atomic mass is 19.1. The largest absolute Gasteiger partial charge is 0.491 e. The lowest BCUT2D eigenvalue weighted by Gasteiger charge is -2.31. The lowest BCUT2D eigenvalue weighted by Crippen LogP contribution is -2.48. The Bertz CT molecular complexity index is 1280. The van der Waals surface area contributed by atoms with Crippen LogP contribution in [0.3, 0.4) is 0 Å². The van der Waals surface area contributed by atoms with Crippen LogP contribution in [0.2, 0.25) is 0 Å². The predicted octanol–water partition coefficient (Wildman–Crippen LogP) is 1.71. The molecule has 5 rings (SSSR count). The fraction of sp³-hybridized carbons (Fsp3) is 0.320. The number of halogens is 1. The van der Waals surface area contributed by atoms with E-state index in [1.807, 2.05) is 6.07 Å². The summed E-state index contributed by atoms with van der Waals surface area (Å²) in [5.74, 6) is -1.29. The number of hydrogen-bond donors (Lipinski definition) is 2. The molecule has 3 heterocycles. The van der Waals surface area contributed by atoms with Gasteiger partial charge in [0.1, 0.15) is 30.8 Å². The van der Waals surface area contributed by atoms with Crippen molar-refractivity contribution in [1.82, 2.24) is 30.3 Å². The van der Waals surface area contributed by atoms with E-state index in [0.717, 1.165) is 6.07 Å². The monoisotopic (exact) mass is 492 g/mol. The Balaban J connectivity index is 1.47. The standard InChI is InChI=1S/C25H25FN6O4/c26-16-5-8-22-20(11-16)24(34)28-13-18-7-6-17(12-23(33)27-9-10-36-22)32(18)25(35)19-3-1-2-4-21(19)31-14-29-30-15-31/h1-5,8,11,14-15,17-18H,6-7,9-10,12-13H2,(H,27,33)(H,28,34)/t17-,18+/m0/s1. The predicted molar refractivity (Wildman–Crippen MR) is 126 cm³/mol. The molecule has 1 saturated heterocycles. The molecule has 2 aliphatic rings. The molecule has 1 aromatic heterocycles. The molecular formula is C25H25FN6O4. The van der Waals surface area contributed by atoms with Gasteiger partial charge in [-0.15, -0.1) is 10.2 Å². The Kier molecular flexibility index (Phi) is 6.61. The van der Waals surface area contributed by atoms with Crippen LogP contribution < -0.4 is 15.4 Å². The maximum atomic E-state index is 13.9. The van der Waals surface area contributed by atoms with E-state index >= 15 is 0 Å². The fourth-order valence-corrected chi connectivity index (χ4v) is 4.79. The van der Waals surface area contributed by atoms with Gasteiger partial charge in [-0.25, -0.2) is 4.39 Å². The number of benzene rings is 2. The van der Waals surface area contributed by atoms with Gasteiger partial charge in [0.2, 0.25) is 5.91 Å². The Hall–Kier alpha value is -4.28. The van der Waals surface area contributed by atoms with E-state index in [0.29, 0.717) is 24.1 Å². The molecule has 2 atom stereocenters. The van der Waals surface area contributed by atoms with Crippen molar-refractivity contribution in [1.29, 1.82) is 0 Å². The summed E-state index contributed by atoms with van der Waals surface area (Å²) >= 11 is 0. The van der Waals surface area contributed by atoms with E-state index in [-0.39, 0.29) is 61.3 Å². The van der Waals surface area contributed by atoms with Crippen molar-refractivity contribution < 1.29 is 23.5 Å². The molecule has 1 fully saturated rings. The minimum Gasteiger partial charge on any atom is -0.491 e. The third-order valence-electron chi connectivity index (χ3n) is 6.47. The van der Waals surface area contributed by atoms with Crippen molar-refractivity contribution in [3.63, 3.8) is 0 Å². The van der Waals surface area contributed by atoms with E-state index in [2.05, 4.69) is 20.8 Å². The van der Waals surface area contributed by atoms with Crippen molar-refractivity contribution >= 4 is 17.7 Å². The lowest BCUT2D eigenvalue weighted by atomic mass is 10.1. The van der Waals surface area contributed by atoms with Crippen LogP contribution in [0.1, 0.15) is 40.0 Å². The van der Waals surface area contributed by atoms with Crippen molar-refractivity contribution in [3.8, 4) is 11.4 Å². The van der Waals surface area contributed by atoms with Gasteiger partial charge >= 0.3 is 0 Å². The van der Waals surface area contributed by atoms with Gasteiger partial charge in [0.15, 0.2) is 0 Å². The molecule has 0 saturated carbocycles. The first kappa shape index (κ1) is 23.5. The number of nitrogens with zero attached hydrogens (tertiary/aromatic N) is 4. The summed E-state index contributed by atoms with van der Waals surface area (Å²) in [5, 5.41) is 13.3. The molecule has 2 N–H and O–H groups in total. The molecule has 2 bridgehead atoms. The van der Waals surface area contributed by atoms with Crippen LogP contribution in [-0.2, 0) is 4.79 Å². The minimum atomic E-state index is -0.565. The third kappa shape index (κ3) is 4.77. The summed E-state index contributed by atoms with van der Waals surface area (Å²) in [4.78, 5) is 41.3. The summed E-state index contributed by atoms with van der Waals surface area (Å²) in [6.45, 7) is 0.463. The SMILES string of the molecule is O=C1C[C@@H]2CC[C@H](CNC(=O)c3cc(F)ccc3OCCN1)N2C(=O)c1ccccc1-n1cnnc1. The first-order valence-corrected chi connectivity index (χ1v) is 11.7. The molecule has 186 valence electrons. The fourth-order valence-electron chi connectivity index (χ4n) is 4.79. The highest BCUT2D eigenvalue weighted by Gasteiger charge is 2.39. The number of hydrogen-bond acceptors (Lipinski definition) is 6. The second kappa shape index (κ2) is 10.1. The number of carbonyl (C=O) groups excluding carboxylic acids is 3. The normalized spacial score (nSPS) is 20.5. The molecular weight excluding hydrogens is 467 g/mol. The van der Waals surface area contributed by atoms with Gasteiger partial charge in [0, 0.05) is 25.0 Å². The van der Waals surface area contributed by atoms with Gasteiger partial charge in [-0.2, -0.15) is 0 Å². The second-order valence-electron chi connectivity index (χ2n) is 8.74. The van der Waals surface area contributed by atoms with Gasteiger partial charge < -0.3 is 20.3 Å². The summed E-state index contributed by atoms with van der Waals surface area (Å²) in [7, 11) is 0. The number of aromatic nitrogens is 3. The lowest BCUT2D eigenvalue weighted by molar-refractivity contribution is -0.122. The average Bonchev–Trinajstić information content (AvgIpc) is 3.55. The molecule has 36 heavy (non-hydrogen) atoms. The smallest absolute Gasteiger partial charge is 0.256 e. The topological polar surface area (TPSA) is 118 Å². The highest BCUT2D eigenvalue weighted by molar-refractivity contribution is 5.99. The van der Waals surface area contributed by atoms with Crippen LogP contribution in [0.25, 0.3) is 5.69 Å². The molecule has 2 aliphatic heterocycles. The quantitative estimate of drug-likeness (QED) is 0.562. The van der Waals surface area contributed by atoms with Crippen molar-refractivity contribution in [2.24, 2.45) is 0 Å². The van der Waals surface area contributed by atoms with Gasteiger partial charge in [-0.1, -0.05) is 12.1 Å². The summed E-state index contributed by atoms with van der Waals surface area (Å²) < 4.78 is 21.2. The van der Waals surface area contributed by atoms with Crippen molar-refractivity contribution in [2.75, 3.05) is 19.7 Å². The maximum absolute atomic E-state index is 13.9. The zero-order valence-corrected chi connectivity index (χ0v) is 19.4. The van der Waals surface area contributed by atoms with Gasteiger partial charge in [-0.3, -0.25) is 19.0 Å². The first-order valence-electron chi connectivity index (χ1n) is 11.7. The van der Waals surface area contributed by atoms with Crippen LogP contribution in [0, 0.1) is 5.82 Å². The summed E-state index contributed by atoms with van der Waals surface area (Å²) in [5.41, 5.74) is 1.10. The number of para-hydroxylation sites is 1. The number of amides is 3. The summed E-state index contributed by atoms with van der Waals surface area (Å²) in [6, 6.07) is 10.1. The van der Waals surface area contributed by atoms with Crippen LogP contribution in [0.15, 0.2) is 55.1 Å². The van der Waals surface area contributed by atoms with E-state index < -0.39 is 11.7 Å². The molecule has 0 aliphatic carbocycles. The highest BCUT2D eigenvalue weighted by Crippen LogP contribution is 2.30. The Morgan fingerprint density at radius 3 is 2.64 bits per heavy atom. The van der Waals surface area contributed by atoms with Crippen molar-refractivity contribution in [2.45, 2.75) is 31.3 Å².